The molecule has 0 atom stereocenters. The van der Waals surface area contributed by atoms with Crippen molar-refractivity contribution in [1.29, 1.82) is 0 Å². The Morgan fingerprint density at radius 2 is 2.00 bits per heavy atom. The van der Waals surface area contributed by atoms with Crippen LogP contribution in [0.15, 0.2) is 41.6 Å². The molecule has 0 unspecified atom stereocenters. The van der Waals surface area contributed by atoms with Crippen molar-refractivity contribution in [1.82, 2.24) is 9.99 Å². The van der Waals surface area contributed by atoms with Crippen molar-refractivity contribution in [2.75, 3.05) is 14.2 Å². The van der Waals surface area contributed by atoms with Gasteiger partial charge in [-0.15, -0.1) is 0 Å². The summed E-state index contributed by atoms with van der Waals surface area (Å²) in [6, 6.07) is 9.67. The van der Waals surface area contributed by atoms with Crippen LogP contribution in [-0.4, -0.2) is 30.1 Å². The van der Waals surface area contributed by atoms with Gasteiger partial charge >= 0.3 is 0 Å². The van der Waals surface area contributed by atoms with Crippen molar-refractivity contribution in [2.24, 2.45) is 10.8 Å². The summed E-state index contributed by atoms with van der Waals surface area (Å²) in [6.07, 6.45) is 3.63. The van der Waals surface area contributed by atoms with Crippen molar-refractivity contribution < 1.29 is 9.47 Å². The Balaban J connectivity index is 2.19. The summed E-state index contributed by atoms with van der Waals surface area (Å²) >= 11 is 4.70. The Kier molecular flexibility index (Phi) is 5.37. The van der Waals surface area contributed by atoms with E-state index in [1.165, 1.54) is 0 Å². The molecule has 1 heterocycles. The first-order chi connectivity index (χ1) is 10.6. The van der Waals surface area contributed by atoms with Gasteiger partial charge in [-0.25, -0.2) is 0 Å². The number of hydrogen-bond donors (Lipinski definition) is 2. The average Bonchev–Trinajstić information content (AvgIpc) is 2.93. The smallest absolute Gasteiger partial charge is 0.184 e. The van der Waals surface area contributed by atoms with Gasteiger partial charge in [0.25, 0.3) is 0 Å². The first kappa shape index (κ1) is 15.8. The lowest BCUT2D eigenvalue weighted by molar-refractivity contribution is 0.393. The second kappa shape index (κ2) is 7.46. The second-order valence-electron chi connectivity index (χ2n) is 4.52. The van der Waals surface area contributed by atoms with E-state index in [0.717, 1.165) is 22.8 Å². The Morgan fingerprint density at radius 1 is 1.32 bits per heavy atom. The van der Waals surface area contributed by atoms with Gasteiger partial charge in [-0.1, -0.05) is 0 Å². The number of aromatic nitrogens is 1. The third-order valence-corrected chi connectivity index (χ3v) is 3.09. The number of hydrazone groups is 1. The molecular formula is C15H18N4O2S. The SMILES string of the molecule is COc1cc(Cn2cccc2C=NNC(N)=S)cc(OC)c1. The number of nitrogens with zero attached hydrogens (tertiary/aromatic N) is 2. The van der Waals surface area contributed by atoms with Gasteiger partial charge in [-0.05, 0) is 42.0 Å². The monoisotopic (exact) mass is 318 g/mol. The van der Waals surface area contributed by atoms with Crippen LogP contribution in [0.25, 0.3) is 0 Å². The summed E-state index contributed by atoms with van der Waals surface area (Å²) < 4.78 is 12.6. The summed E-state index contributed by atoms with van der Waals surface area (Å²) in [6.45, 7) is 0.662. The molecule has 0 aliphatic heterocycles. The molecule has 6 nitrogen and oxygen atoms in total. The Hall–Kier alpha value is -2.54. The minimum atomic E-state index is 0.131. The van der Waals surface area contributed by atoms with Gasteiger partial charge in [-0.2, -0.15) is 5.10 Å². The highest BCUT2D eigenvalue weighted by atomic mass is 32.1. The molecule has 1 aromatic carbocycles. The van der Waals surface area contributed by atoms with Crippen molar-refractivity contribution in [3.63, 3.8) is 0 Å². The fourth-order valence-corrected chi connectivity index (χ4v) is 2.06. The van der Waals surface area contributed by atoms with Gasteiger partial charge < -0.3 is 19.8 Å². The third-order valence-electron chi connectivity index (χ3n) is 3.00. The molecule has 1 aromatic heterocycles. The van der Waals surface area contributed by atoms with Crippen LogP contribution < -0.4 is 20.6 Å². The minimum Gasteiger partial charge on any atom is -0.497 e. The Labute approximate surface area is 134 Å². The first-order valence-electron chi connectivity index (χ1n) is 6.58. The summed E-state index contributed by atoms with van der Waals surface area (Å²) in [7, 11) is 3.27. The van der Waals surface area contributed by atoms with E-state index >= 15 is 0 Å². The molecule has 7 heteroatoms. The maximum atomic E-state index is 5.33. The lowest BCUT2D eigenvalue weighted by Crippen LogP contribution is -2.24. The molecule has 0 spiro atoms. The number of methoxy groups -OCH3 is 2. The number of thiocarbonyl (C=S) groups is 1. The molecule has 3 N–H and O–H groups in total. The fourth-order valence-electron chi connectivity index (χ4n) is 2.00. The number of nitrogens with one attached hydrogen (secondary N) is 1. The van der Waals surface area contributed by atoms with Gasteiger partial charge in [0.2, 0.25) is 0 Å². The fraction of sp³-hybridized carbons (Fsp3) is 0.200. The van der Waals surface area contributed by atoms with E-state index in [0.29, 0.717) is 6.54 Å². The normalized spacial score (nSPS) is 10.6. The van der Waals surface area contributed by atoms with Crippen molar-refractivity contribution in [2.45, 2.75) is 6.54 Å². The van der Waals surface area contributed by atoms with E-state index in [4.69, 9.17) is 27.4 Å². The molecule has 0 saturated carbocycles. The Morgan fingerprint density at radius 3 is 2.59 bits per heavy atom. The summed E-state index contributed by atoms with van der Waals surface area (Å²) in [5, 5.41) is 4.10. The summed E-state index contributed by atoms with van der Waals surface area (Å²) in [5.41, 5.74) is 9.85. The van der Waals surface area contributed by atoms with Crippen LogP contribution >= 0.6 is 12.2 Å². The van der Waals surface area contributed by atoms with Gasteiger partial charge in [0.05, 0.1) is 26.1 Å². The minimum absolute atomic E-state index is 0.131. The maximum Gasteiger partial charge on any atom is 0.184 e. The molecule has 116 valence electrons. The van der Waals surface area contributed by atoms with E-state index in [1.54, 1.807) is 20.4 Å². The maximum absolute atomic E-state index is 5.33. The average molecular weight is 318 g/mol. The molecule has 0 aliphatic rings. The molecule has 0 radical (unpaired) electrons. The largest absolute Gasteiger partial charge is 0.497 e. The highest BCUT2D eigenvalue weighted by molar-refractivity contribution is 7.80. The van der Waals surface area contributed by atoms with Crippen LogP contribution in [0.3, 0.4) is 0 Å². The topological polar surface area (TPSA) is 73.8 Å². The summed E-state index contributed by atoms with van der Waals surface area (Å²) in [4.78, 5) is 0. The van der Waals surface area contributed by atoms with Crippen LogP contribution in [-0.2, 0) is 6.54 Å². The molecule has 0 aliphatic carbocycles. The van der Waals surface area contributed by atoms with Crippen molar-refractivity contribution in [3.05, 3.63) is 47.8 Å². The highest BCUT2D eigenvalue weighted by Gasteiger charge is 2.04. The van der Waals surface area contributed by atoms with Crippen LogP contribution in [0.4, 0.5) is 0 Å². The third kappa shape index (κ3) is 4.23. The van der Waals surface area contributed by atoms with E-state index < -0.39 is 0 Å². The predicted octanol–water partition coefficient (Wildman–Crippen LogP) is 1.72. The number of benzene rings is 1. The quantitative estimate of drug-likeness (QED) is 0.482. The van der Waals surface area contributed by atoms with Crippen LogP contribution in [0, 0.1) is 0 Å². The molecule has 2 rings (SSSR count). The lowest BCUT2D eigenvalue weighted by Gasteiger charge is -2.10. The zero-order valence-electron chi connectivity index (χ0n) is 12.4. The molecule has 22 heavy (non-hydrogen) atoms. The van der Waals surface area contributed by atoms with E-state index in [-0.39, 0.29) is 5.11 Å². The van der Waals surface area contributed by atoms with Crippen molar-refractivity contribution in [3.8, 4) is 11.5 Å². The molecule has 0 fully saturated rings. The summed E-state index contributed by atoms with van der Waals surface area (Å²) in [5.74, 6) is 1.51. The van der Waals surface area contributed by atoms with Crippen molar-refractivity contribution >= 4 is 23.5 Å². The number of ether oxygens (including phenoxy) is 2. The van der Waals surface area contributed by atoms with Crippen LogP contribution in [0.1, 0.15) is 11.3 Å². The molecular weight excluding hydrogens is 300 g/mol. The first-order valence-corrected chi connectivity index (χ1v) is 6.99. The zero-order chi connectivity index (χ0) is 15.9. The molecule has 0 amide bonds. The van der Waals surface area contributed by atoms with Gasteiger partial charge in [0.15, 0.2) is 5.11 Å². The van der Waals surface area contributed by atoms with E-state index in [1.807, 2.05) is 41.1 Å². The van der Waals surface area contributed by atoms with Crippen LogP contribution in [0.5, 0.6) is 11.5 Å². The van der Waals surface area contributed by atoms with Crippen LogP contribution in [0.2, 0.25) is 0 Å². The number of hydrogen-bond acceptors (Lipinski definition) is 4. The lowest BCUT2D eigenvalue weighted by atomic mass is 10.2. The van der Waals surface area contributed by atoms with Gasteiger partial charge in [-0.3, -0.25) is 5.43 Å². The highest BCUT2D eigenvalue weighted by Crippen LogP contribution is 2.23. The Bertz CT molecular complexity index is 660. The number of rotatable bonds is 6. The predicted molar refractivity (Wildman–Crippen MR) is 90.6 cm³/mol. The molecule has 0 bridgehead atoms. The molecule has 2 aromatic rings. The number of nitrogens with two attached hydrogens (primary N) is 1. The standard InChI is InChI=1S/C15H18N4O2S/c1-20-13-6-11(7-14(8-13)21-2)10-19-5-3-4-12(19)9-17-18-15(16)22/h3-9H,10H2,1-2H3,(H3,16,18,22). The van der Waals surface area contributed by atoms with E-state index in [2.05, 4.69) is 10.5 Å². The molecule has 0 saturated heterocycles. The second-order valence-corrected chi connectivity index (χ2v) is 4.96. The van der Waals surface area contributed by atoms with Gasteiger partial charge in [0.1, 0.15) is 11.5 Å². The van der Waals surface area contributed by atoms with Gasteiger partial charge in [0, 0.05) is 18.8 Å². The zero-order valence-corrected chi connectivity index (χ0v) is 13.3. The van der Waals surface area contributed by atoms with E-state index in [9.17, 15) is 0 Å².